The van der Waals surface area contributed by atoms with Crippen LogP contribution in [0.2, 0.25) is 0 Å². The quantitative estimate of drug-likeness (QED) is 0.528. The minimum absolute atomic E-state index is 0.0483. The molecule has 1 amide bonds. The van der Waals surface area contributed by atoms with Gasteiger partial charge in [0.05, 0.1) is 11.3 Å². The first-order valence-electron chi connectivity index (χ1n) is 8.92. The molecule has 29 heavy (non-hydrogen) atoms. The number of rotatable bonds is 5. The zero-order chi connectivity index (χ0) is 20.4. The van der Waals surface area contributed by atoms with Gasteiger partial charge in [-0.2, -0.15) is 0 Å². The molecular formula is C22H17NO6. The van der Waals surface area contributed by atoms with Crippen LogP contribution in [0.15, 0.2) is 54.6 Å². The smallest absolute Gasteiger partial charge is 0.339 e. The molecule has 0 unspecified atom stereocenters. The molecule has 3 aromatic carbocycles. The Morgan fingerprint density at radius 3 is 2.48 bits per heavy atom. The van der Waals surface area contributed by atoms with Crippen LogP contribution in [0.4, 0.5) is 5.69 Å². The number of hydrogen-bond donors (Lipinski definition) is 1. The Morgan fingerprint density at radius 2 is 1.69 bits per heavy atom. The number of carbonyl (C=O) groups is 3. The average molecular weight is 391 g/mol. The van der Waals surface area contributed by atoms with E-state index in [1.54, 1.807) is 12.1 Å². The highest BCUT2D eigenvalue weighted by atomic mass is 16.7. The lowest BCUT2D eigenvalue weighted by atomic mass is 10.1. The molecule has 1 aliphatic rings. The maximum Gasteiger partial charge on any atom is 0.339 e. The minimum Gasteiger partial charge on any atom is -0.454 e. The summed E-state index contributed by atoms with van der Waals surface area (Å²) in [5.74, 6) is -0.547. The number of carbonyl (C=O) groups excluding carboxylic acids is 3. The Bertz CT molecular complexity index is 1130. The van der Waals surface area contributed by atoms with E-state index in [4.69, 9.17) is 14.2 Å². The van der Waals surface area contributed by atoms with Gasteiger partial charge < -0.3 is 19.5 Å². The summed E-state index contributed by atoms with van der Waals surface area (Å²) in [7, 11) is 0. The van der Waals surface area contributed by atoms with Crippen molar-refractivity contribution in [1.82, 2.24) is 0 Å². The number of ketones is 1. The van der Waals surface area contributed by atoms with E-state index in [0.717, 1.165) is 10.8 Å². The normalized spacial score (nSPS) is 11.9. The van der Waals surface area contributed by atoms with Crippen molar-refractivity contribution >= 4 is 34.1 Å². The van der Waals surface area contributed by atoms with Crippen molar-refractivity contribution in [2.45, 2.75) is 6.92 Å². The number of Topliss-reactive ketones (excluding diaryl/α,β-unsaturated/α-hetero) is 1. The van der Waals surface area contributed by atoms with E-state index in [-0.39, 0.29) is 23.8 Å². The monoisotopic (exact) mass is 391 g/mol. The molecule has 1 heterocycles. The van der Waals surface area contributed by atoms with Crippen LogP contribution in [0, 0.1) is 0 Å². The van der Waals surface area contributed by atoms with E-state index in [9.17, 15) is 14.4 Å². The van der Waals surface area contributed by atoms with Crippen LogP contribution < -0.4 is 14.8 Å². The summed E-state index contributed by atoms with van der Waals surface area (Å²) >= 11 is 0. The molecule has 7 nitrogen and oxygen atoms in total. The second-order valence-electron chi connectivity index (χ2n) is 6.46. The van der Waals surface area contributed by atoms with Crippen molar-refractivity contribution in [2.24, 2.45) is 0 Å². The van der Waals surface area contributed by atoms with Crippen LogP contribution in [0.1, 0.15) is 27.6 Å². The molecule has 0 saturated carbocycles. The molecular weight excluding hydrogens is 374 g/mol. The van der Waals surface area contributed by atoms with E-state index < -0.39 is 18.5 Å². The topological polar surface area (TPSA) is 90.9 Å². The summed E-state index contributed by atoms with van der Waals surface area (Å²) < 4.78 is 15.7. The van der Waals surface area contributed by atoms with Crippen LogP contribution in [-0.2, 0) is 9.53 Å². The summed E-state index contributed by atoms with van der Waals surface area (Å²) in [6.07, 6.45) is 0. The molecule has 0 aromatic heterocycles. The van der Waals surface area contributed by atoms with Crippen molar-refractivity contribution in [2.75, 3.05) is 18.7 Å². The third-order valence-corrected chi connectivity index (χ3v) is 4.51. The molecule has 1 N–H and O–H groups in total. The molecule has 0 radical (unpaired) electrons. The van der Waals surface area contributed by atoms with E-state index in [2.05, 4.69) is 5.32 Å². The van der Waals surface area contributed by atoms with Gasteiger partial charge in [-0.05, 0) is 29.8 Å². The minimum atomic E-state index is -0.602. The summed E-state index contributed by atoms with van der Waals surface area (Å²) in [5.41, 5.74) is 0.930. The van der Waals surface area contributed by atoms with Crippen molar-refractivity contribution < 1.29 is 28.6 Å². The van der Waals surface area contributed by atoms with Gasteiger partial charge in [-0.3, -0.25) is 9.59 Å². The number of ether oxygens (including phenoxy) is 3. The second-order valence-corrected chi connectivity index (χ2v) is 6.46. The van der Waals surface area contributed by atoms with Crippen molar-refractivity contribution in [3.8, 4) is 11.5 Å². The maximum atomic E-state index is 12.5. The standard InChI is InChI=1S/C22H17NO6/c1-13(24)17-9-19-20(29-12-28-19)10-18(17)23-21(25)11-27-22(26)16-8-4-6-14-5-2-3-7-15(14)16/h2-10H,11-12H2,1H3,(H,23,25). The second kappa shape index (κ2) is 7.63. The zero-order valence-corrected chi connectivity index (χ0v) is 15.6. The van der Waals surface area contributed by atoms with Gasteiger partial charge in [-0.25, -0.2) is 4.79 Å². The molecule has 0 bridgehead atoms. The number of amides is 1. The van der Waals surface area contributed by atoms with E-state index in [1.807, 2.05) is 30.3 Å². The Labute approximate surface area is 166 Å². The molecule has 1 aliphatic heterocycles. The first-order valence-corrected chi connectivity index (χ1v) is 8.92. The molecule has 146 valence electrons. The summed E-state index contributed by atoms with van der Waals surface area (Å²) in [4.78, 5) is 36.7. The fraction of sp³-hybridized carbons (Fsp3) is 0.136. The summed E-state index contributed by atoms with van der Waals surface area (Å²) in [5, 5.41) is 4.24. The number of hydrogen-bond acceptors (Lipinski definition) is 6. The highest BCUT2D eigenvalue weighted by Gasteiger charge is 2.21. The van der Waals surface area contributed by atoms with Gasteiger partial charge >= 0.3 is 5.97 Å². The van der Waals surface area contributed by atoms with Gasteiger partial charge in [0, 0.05) is 11.6 Å². The number of esters is 1. The number of anilines is 1. The molecule has 0 atom stereocenters. The van der Waals surface area contributed by atoms with Crippen LogP contribution in [0.3, 0.4) is 0 Å². The van der Waals surface area contributed by atoms with Gasteiger partial charge in [0.25, 0.3) is 5.91 Å². The molecule has 0 aliphatic carbocycles. The molecule has 4 rings (SSSR count). The predicted molar refractivity (Wildman–Crippen MR) is 105 cm³/mol. The van der Waals surface area contributed by atoms with Crippen LogP contribution >= 0.6 is 0 Å². The molecule has 0 spiro atoms. The van der Waals surface area contributed by atoms with Gasteiger partial charge in [0.15, 0.2) is 23.9 Å². The number of fused-ring (bicyclic) bond motifs is 2. The van der Waals surface area contributed by atoms with Crippen LogP contribution in [0.25, 0.3) is 10.8 Å². The Morgan fingerprint density at radius 1 is 0.966 bits per heavy atom. The van der Waals surface area contributed by atoms with E-state index in [0.29, 0.717) is 17.1 Å². The Kier molecular flexibility index (Phi) is 4.87. The summed E-state index contributed by atoms with van der Waals surface area (Å²) in [6.45, 7) is 0.939. The van der Waals surface area contributed by atoms with Crippen LogP contribution in [0.5, 0.6) is 11.5 Å². The van der Waals surface area contributed by atoms with Gasteiger partial charge in [0.1, 0.15) is 0 Å². The van der Waals surface area contributed by atoms with Crippen LogP contribution in [-0.4, -0.2) is 31.1 Å². The predicted octanol–water partition coefficient (Wildman–Crippen LogP) is 3.57. The van der Waals surface area contributed by atoms with Crippen molar-refractivity contribution in [3.05, 3.63) is 65.7 Å². The van der Waals surface area contributed by atoms with Gasteiger partial charge in [-0.1, -0.05) is 36.4 Å². The highest BCUT2D eigenvalue weighted by Crippen LogP contribution is 2.37. The lowest BCUT2D eigenvalue weighted by Gasteiger charge is -2.11. The molecule has 7 heteroatoms. The zero-order valence-electron chi connectivity index (χ0n) is 15.6. The fourth-order valence-corrected chi connectivity index (χ4v) is 3.14. The Hall–Kier alpha value is -3.87. The SMILES string of the molecule is CC(=O)c1cc2c(cc1NC(=O)COC(=O)c1cccc3ccccc13)OCO2. The molecule has 0 saturated heterocycles. The average Bonchev–Trinajstić information content (AvgIpc) is 3.18. The van der Waals surface area contributed by atoms with Crippen molar-refractivity contribution in [1.29, 1.82) is 0 Å². The maximum absolute atomic E-state index is 12.5. The van der Waals surface area contributed by atoms with E-state index >= 15 is 0 Å². The molecule has 0 fully saturated rings. The fourth-order valence-electron chi connectivity index (χ4n) is 3.14. The number of nitrogens with one attached hydrogen (secondary N) is 1. The summed E-state index contributed by atoms with van der Waals surface area (Å²) in [6, 6.07) is 15.7. The van der Waals surface area contributed by atoms with Crippen molar-refractivity contribution in [3.63, 3.8) is 0 Å². The first-order chi connectivity index (χ1) is 14.0. The lowest BCUT2D eigenvalue weighted by molar-refractivity contribution is -0.119. The highest BCUT2D eigenvalue weighted by molar-refractivity contribution is 6.07. The Balaban J connectivity index is 1.47. The lowest BCUT2D eigenvalue weighted by Crippen LogP contribution is -2.22. The molecule has 3 aromatic rings. The number of benzene rings is 3. The van der Waals surface area contributed by atoms with E-state index in [1.165, 1.54) is 19.1 Å². The first kappa shape index (κ1) is 18.5. The largest absolute Gasteiger partial charge is 0.454 e. The third kappa shape index (κ3) is 3.75. The van der Waals surface area contributed by atoms with Gasteiger partial charge in [0.2, 0.25) is 6.79 Å². The third-order valence-electron chi connectivity index (χ3n) is 4.51. The van der Waals surface area contributed by atoms with Gasteiger partial charge in [-0.15, -0.1) is 0 Å².